The number of fused-ring (bicyclic) bond motifs is 14. The Bertz CT molecular complexity index is 2250. The van der Waals surface area contributed by atoms with Crippen molar-refractivity contribution in [2.45, 2.75) is 225 Å². The normalized spacial score (nSPS) is 55.0. The van der Waals surface area contributed by atoms with Crippen LogP contribution < -0.4 is 0 Å². The number of aliphatic hydroxyl groups excluding tert-OH is 1. The molecule has 372 valence electrons. The number of carbonyl (C=O) groups excluding carboxylic acids is 3. The van der Waals surface area contributed by atoms with Crippen LogP contribution in [0.25, 0.3) is 0 Å². The van der Waals surface area contributed by atoms with Crippen LogP contribution in [-0.2, 0) is 23.9 Å². The first-order valence-electron chi connectivity index (χ1n) is 27.4. The average Bonchev–Trinajstić information content (AvgIpc) is 3.23. The van der Waals surface area contributed by atoms with Crippen molar-refractivity contribution in [2.24, 2.45) is 100 Å². The highest BCUT2D eigenvalue weighted by Gasteiger charge is 2.73. The molecule has 10 rings (SSSR count). The van der Waals surface area contributed by atoms with E-state index in [-0.39, 0.29) is 108 Å². The second-order valence-corrected chi connectivity index (χ2v) is 29.9. The summed E-state index contributed by atoms with van der Waals surface area (Å²) in [6.45, 7) is 32.6. The molecule has 0 saturated heterocycles. The largest absolute Gasteiger partial charge is 0.481 e. The number of hydrogen-bond acceptors (Lipinski definition) is 6. The number of carboxylic acids is 1. The van der Waals surface area contributed by atoms with Crippen molar-refractivity contribution in [1.29, 1.82) is 0 Å². The molecular weight excluding hydrogens is 833 g/mol. The van der Waals surface area contributed by atoms with E-state index < -0.39 is 16.8 Å². The van der Waals surface area contributed by atoms with E-state index in [1.54, 1.807) is 0 Å². The Morgan fingerprint density at radius 3 is 1.42 bits per heavy atom. The van der Waals surface area contributed by atoms with Gasteiger partial charge in [-0.2, -0.15) is 0 Å². The molecule has 67 heavy (non-hydrogen) atoms. The Hall–Kier alpha value is -2.28. The zero-order valence-electron chi connectivity index (χ0n) is 44.4. The third-order valence-corrected chi connectivity index (χ3v) is 26.3. The summed E-state index contributed by atoms with van der Waals surface area (Å²) >= 11 is 0. The maximum absolute atomic E-state index is 15.1. The molecule has 0 aromatic carbocycles. The van der Waals surface area contributed by atoms with E-state index in [4.69, 9.17) is 4.74 Å². The number of aliphatic hydroxyl groups is 1. The molecule has 0 heterocycles. The molecule has 4 unspecified atom stereocenters. The van der Waals surface area contributed by atoms with Gasteiger partial charge in [-0.25, -0.2) is 0 Å². The van der Waals surface area contributed by atoms with E-state index in [0.717, 1.165) is 96.3 Å². The molecule has 10 aliphatic rings. The zero-order chi connectivity index (χ0) is 48.9. The van der Waals surface area contributed by atoms with Gasteiger partial charge >= 0.3 is 11.9 Å². The van der Waals surface area contributed by atoms with E-state index in [2.05, 4.69) is 96.1 Å². The highest BCUT2D eigenvalue weighted by atomic mass is 16.5. The molecule has 2 N–H and O–H groups in total. The van der Waals surface area contributed by atoms with Gasteiger partial charge in [0.05, 0.1) is 16.9 Å². The minimum atomic E-state index is -0.774. The fourth-order valence-electron chi connectivity index (χ4n) is 21.2. The number of carboxylic acid groups (broad SMARTS) is 1. The van der Waals surface area contributed by atoms with Crippen LogP contribution in [0.3, 0.4) is 0 Å². The molecule has 7 heteroatoms. The summed E-state index contributed by atoms with van der Waals surface area (Å²) in [6, 6.07) is 0. The number of ether oxygens (including phenoxy) is 1. The smallest absolute Gasteiger partial charge is 0.312 e. The highest BCUT2D eigenvalue weighted by molar-refractivity contribution is 5.96. The maximum Gasteiger partial charge on any atom is 0.312 e. The monoisotopic (exact) mass is 923 g/mol. The van der Waals surface area contributed by atoms with Crippen molar-refractivity contribution in [1.82, 2.24) is 0 Å². The van der Waals surface area contributed by atoms with Crippen molar-refractivity contribution in [2.75, 3.05) is 0 Å². The van der Waals surface area contributed by atoms with Crippen molar-refractivity contribution in [3.8, 4) is 0 Å². The molecule has 8 fully saturated rings. The van der Waals surface area contributed by atoms with Crippen molar-refractivity contribution >= 4 is 23.5 Å². The summed E-state index contributed by atoms with van der Waals surface area (Å²) in [6.07, 6.45) is 19.6. The van der Waals surface area contributed by atoms with Gasteiger partial charge in [-0.15, -0.1) is 0 Å². The van der Waals surface area contributed by atoms with Gasteiger partial charge in [-0.05, 0) is 214 Å². The predicted molar refractivity (Wildman–Crippen MR) is 262 cm³/mol. The number of hydrogen-bond donors (Lipinski definition) is 2. The molecule has 7 nitrogen and oxygen atoms in total. The second-order valence-electron chi connectivity index (χ2n) is 29.9. The number of rotatable bonds is 3. The Balaban J connectivity index is 0.903. The third-order valence-electron chi connectivity index (χ3n) is 26.3. The molecule has 0 bridgehead atoms. The van der Waals surface area contributed by atoms with Gasteiger partial charge in [0.2, 0.25) is 0 Å². The fraction of sp³-hybridized carbons (Fsp3) is 0.867. The van der Waals surface area contributed by atoms with E-state index in [9.17, 15) is 19.8 Å². The van der Waals surface area contributed by atoms with Gasteiger partial charge in [0.1, 0.15) is 6.10 Å². The minimum absolute atomic E-state index is 0.0152. The van der Waals surface area contributed by atoms with Crippen LogP contribution in [0.2, 0.25) is 0 Å². The zero-order valence-corrected chi connectivity index (χ0v) is 44.4. The van der Waals surface area contributed by atoms with Crippen molar-refractivity contribution in [3.63, 3.8) is 0 Å². The van der Waals surface area contributed by atoms with Crippen molar-refractivity contribution < 1.29 is 34.1 Å². The summed E-state index contributed by atoms with van der Waals surface area (Å²) in [5.74, 6) is 0.267. The van der Waals surface area contributed by atoms with Crippen LogP contribution in [0.1, 0.15) is 213 Å². The molecule has 0 radical (unpaired) electrons. The molecule has 0 aliphatic heterocycles. The Morgan fingerprint density at radius 1 is 0.522 bits per heavy atom. The van der Waals surface area contributed by atoms with Crippen LogP contribution in [0.5, 0.6) is 0 Å². The number of carbonyl (C=O) groups is 4. The molecule has 0 aromatic heterocycles. The molecular formula is C60H90O7. The first-order chi connectivity index (χ1) is 30.8. The van der Waals surface area contributed by atoms with Crippen LogP contribution in [0.4, 0.5) is 0 Å². The Labute approximate surface area is 404 Å². The second kappa shape index (κ2) is 14.2. The van der Waals surface area contributed by atoms with E-state index >= 15 is 9.59 Å². The summed E-state index contributed by atoms with van der Waals surface area (Å²) in [5, 5.41) is 21.6. The lowest BCUT2D eigenvalue weighted by molar-refractivity contribution is -0.217. The maximum atomic E-state index is 15.1. The molecule has 8 saturated carbocycles. The van der Waals surface area contributed by atoms with Gasteiger partial charge in [-0.3, -0.25) is 19.2 Å². The Kier molecular flexibility index (Phi) is 10.3. The molecule has 0 spiro atoms. The fourth-order valence-corrected chi connectivity index (χ4v) is 21.2. The van der Waals surface area contributed by atoms with Crippen LogP contribution in [-0.4, -0.2) is 45.9 Å². The van der Waals surface area contributed by atoms with Crippen LogP contribution >= 0.6 is 0 Å². The number of aliphatic carboxylic acids is 1. The van der Waals surface area contributed by atoms with Crippen LogP contribution in [0, 0.1) is 100 Å². The minimum Gasteiger partial charge on any atom is -0.481 e. The lowest BCUT2D eigenvalue weighted by Gasteiger charge is -2.70. The number of ketones is 2. The van der Waals surface area contributed by atoms with Crippen molar-refractivity contribution in [3.05, 3.63) is 23.3 Å². The lowest BCUT2D eigenvalue weighted by Crippen LogP contribution is -2.67. The third kappa shape index (κ3) is 5.97. The summed E-state index contributed by atoms with van der Waals surface area (Å²) < 4.78 is 6.96. The average molecular weight is 923 g/mol. The van der Waals surface area contributed by atoms with Gasteiger partial charge < -0.3 is 14.9 Å². The molecule has 18 atom stereocenters. The van der Waals surface area contributed by atoms with Crippen LogP contribution in [0.15, 0.2) is 23.3 Å². The van der Waals surface area contributed by atoms with Gasteiger partial charge in [-0.1, -0.05) is 94.2 Å². The standard InChI is InChI=1S/C60H90O7/c1-49(2)41-15-21-59(13)45(55(41,9)19-17-43(49)63)39(61)32-36-38-34-54(8,26-24-52(38,6)28-30-58(36,59)12)48(66)67-44-18-20-56(10)42(50(44,3)4)16-22-60(14)46(56)40(62)31-35-37-33-53(7,47(64)65)25-23-51(37,5)27-29-57(35,60)11/h31-32,37-38,41-46,63H,15-30,33-34H2,1-14H3,(H,64,65)/t37-,38-,41?,42?,43-,44-,45?,46?,51+,52+,53-,54-,55-,56-,57+,58+,59+,60+/m0/s1. The first-order valence-corrected chi connectivity index (χ1v) is 27.4. The lowest BCUT2D eigenvalue weighted by atomic mass is 9.33. The van der Waals surface area contributed by atoms with E-state index in [1.807, 2.05) is 13.0 Å². The first kappa shape index (κ1) is 48.4. The summed E-state index contributed by atoms with van der Waals surface area (Å²) in [4.78, 5) is 57.8. The summed E-state index contributed by atoms with van der Waals surface area (Å²) in [7, 11) is 0. The van der Waals surface area contributed by atoms with Gasteiger partial charge in [0.25, 0.3) is 0 Å². The van der Waals surface area contributed by atoms with E-state index in [0.29, 0.717) is 31.0 Å². The molecule has 10 aliphatic carbocycles. The molecule has 0 amide bonds. The summed E-state index contributed by atoms with van der Waals surface area (Å²) in [5.41, 5.74) is -0.594. The van der Waals surface area contributed by atoms with E-state index in [1.165, 1.54) is 11.1 Å². The highest BCUT2D eigenvalue weighted by Crippen LogP contribution is 2.77. The number of allylic oxidation sites excluding steroid dienone is 4. The van der Waals surface area contributed by atoms with Gasteiger partial charge in [0.15, 0.2) is 11.6 Å². The number of esters is 1. The predicted octanol–water partition coefficient (Wildman–Crippen LogP) is 13.3. The quantitative estimate of drug-likeness (QED) is 0.271. The SMILES string of the molecule is CC1(C)C2CC[C@]3(C)C(C(=O)C=C4[C@@H]5C[C@@](C)(C(=O)O)CC[C@]5(C)CC[C@]43C)[C@@]2(C)CC[C@@H]1OC(=O)[C@@]1(C)CC[C@]2(C)CC[C@]3(C)C(=CC(=O)C4[C@@]5(C)CC[C@H](O)C(C)(C)C5CC[C@]43C)[C@@H]2C1. The van der Waals surface area contributed by atoms with Gasteiger partial charge in [0, 0.05) is 17.3 Å². The Morgan fingerprint density at radius 2 is 0.940 bits per heavy atom. The topological polar surface area (TPSA) is 118 Å². The molecule has 0 aromatic rings.